The van der Waals surface area contributed by atoms with Crippen molar-refractivity contribution in [3.05, 3.63) is 53.4 Å². The van der Waals surface area contributed by atoms with Crippen LogP contribution in [0, 0.1) is 0 Å². The molecule has 5 heteroatoms. The van der Waals surface area contributed by atoms with Crippen LogP contribution in [0.15, 0.2) is 42.1 Å². The van der Waals surface area contributed by atoms with Gasteiger partial charge >= 0.3 is 5.97 Å². The fourth-order valence-electron chi connectivity index (χ4n) is 2.75. The molecule has 0 unspecified atom stereocenters. The first-order valence-corrected chi connectivity index (χ1v) is 8.39. The monoisotopic (exact) mass is 338 g/mol. The summed E-state index contributed by atoms with van der Waals surface area (Å²) in [5, 5.41) is 12.0. The number of carboxylic acid groups (broad SMARTS) is 1. The quantitative estimate of drug-likeness (QED) is 0.799. The van der Waals surface area contributed by atoms with E-state index in [0.717, 1.165) is 29.0 Å². The molecular weight excluding hydrogens is 316 g/mol. The van der Waals surface area contributed by atoms with Crippen molar-refractivity contribution < 1.29 is 14.6 Å². The van der Waals surface area contributed by atoms with E-state index in [0.29, 0.717) is 18.3 Å². The van der Waals surface area contributed by atoms with Crippen molar-refractivity contribution >= 4 is 11.8 Å². The summed E-state index contributed by atoms with van der Waals surface area (Å²) in [7, 11) is 0. The van der Waals surface area contributed by atoms with Gasteiger partial charge in [0, 0.05) is 23.8 Å². The largest absolute Gasteiger partial charge is 0.491 e. The van der Waals surface area contributed by atoms with Crippen molar-refractivity contribution in [3.8, 4) is 16.9 Å². The third-order valence-electron chi connectivity index (χ3n) is 4.29. The fourth-order valence-corrected chi connectivity index (χ4v) is 2.75. The van der Waals surface area contributed by atoms with Crippen molar-refractivity contribution in [2.24, 2.45) is 0 Å². The lowest BCUT2D eigenvalue weighted by Crippen LogP contribution is -2.02. The van der Waals surface area contributed by atoms with Crippen LogP contribution in [0.5, 0.6) is 5.75 Å². The molecular formula is C20H22N2O3. The fraction of sp³-hybridized carbons (Fsp3) is 0.300. The lowest BCUT2D eigenvalue weighted by molar-refractivity contribution is -0.132. The Kier molecular flexibility index (Phi) is 4.74. The molecule has 0 amide bonds. The highest BCUT2D eigenvalue weighted by atomic mass is 16.5. The summed E-state index contributed by atoms with van der Waals surface area (Å²) in [6.07, 6.45) is 2.21. The zero-order valence-corrected chi connectivity index (χ0v) is 14.7. The van der Waals surface area contributed by atoms with Crippen LogP contribution < -0.4 is 10.1 Å². The van der Waals surface area contributed by atoms with Gasteiger partial charge in [0.2, 0.25) is 0 Å². The highest BCUT2D eigenvalue weighted by molar-refractivity contribution is 5.86. The molecule has 0 aliphatic carbocycles. The molecule has 0 saturated heterocycles. The Morgan fingerprint density at radius 2 is 2.04 bits per heavy atom. The number of hydrogen-bond acceptors (Lipinski definition) is 4. The van der Waals surface area contributed by atoms with Crippen LogP contribution in [0.3, 0.4) is 0 Å². The van der Waals surface area contributed by atoms with Gasteiger partial charge in [-0.15, -0.1) is 0 Å². The Balaban J connectivity index is 1.98. The molecule has 1 aromatic heterocycles. The van der Waals surface area contributed by atoms with E-state index >= 15 is 0 Å². The number of fused-ring (bicyclic) bond motifs is 1. The van der Waals surface area contributed by atoms with E-state index in [4.69, 9.17) is 9.84 Å². The standard InChI is InChI=1S/C20H22N2O3/c1-12(2)14-4-6-15(7-5-14)16-10-18(21-11-13(3)20(23)24)22-17-8-9-25-19(16)17/h4-7,10-12H,8-9H2,1-3H3,(H,21,22)(H,23,24). The minimum Gasteiger partial charge on any atom is -0.491 e. The van der Waals surface area contributed by atoms with Gasteiger partial charge in [0.15, 0.2) is 0 Å². The first-order valence-electron chi connectivity index (χ1n) is 8.39. The summed E-state index contributed by atoms with van der Waals surface area (Å²) in [4.78, 5) is 15.5. The topological polar surface area (TPSA) is 71.5 Å². The highest BCUT2D eigenvalue weighted by Gasteiger charge is 2.20. The van der Waals surface area contributed by atoms with E-state index < -0.39 is 5.97 Å². The van der Waals surface area contributed by atoms with Crippen LogP contribution in [0.4, 0.5) is 5.82 Å². The van der Waals surface area contributed by atoms with Crippen LogP contribution in [0.2, 0.25) is 0 Å². The Labute approximate surface area is 147 Å². The molecule has 1 aliphatic heterocycles. The zero-order valence-electron chi connectivity index (χ0n) is 14.7. The number of aliphatic carboxylic acids is 1. The molecule has 2 heterocycles. The summed E-state index contributed by atoms with van der Waals surface area (Å²) in [6, 6.07) is 10.3. The van der Waals surface area contributed by atoms with Gasteiger partial charge in [-0.1, -0.05) is 38.1 Å². The number of nitrogens with one attached hydrogen (secondary N) is 1. The average Bonchev–Trinajstić information content (AvgIpc) is 3.07. The van der Waals surface area contributed by atoms with Crippen LogP contribution in [0.25, 0.3) is 11.1 Å². The molecule has 0 radical (unpaired) electrons. The zero-order chi connectivity index (χ0) is 18.0. The van der Waals surface area contributed by atoms with Gasteiger partial charge in [0.25, 0.3) is 0 Å². The highest BCUT2D eigenvalue weighted by Crippen LogP contribution is 2.38. The van der Waals surface area contributed by atoms with Crippen molar-refractivity contribution in [1.82, 2.24) is 4.98 Å². The predicted molar refractivity (Wildman–Crippen MR) is 98.0 cm³/mol. The van der Waals surface area contributed by atoms with E-state index in [2.05, 4.69) is 48.4 Å². The maximum absolute atomic E-state index is 10.9. The van der Waals surface area contributed by atoms with Crippen LogP contribution in [-0.4, -0.2) is 22.7 Å². The number of benzene rings is 1. The lowest BCUT2D eigenvalue weighted by Gasteiger charge is -2.12. The summed E-state index contributed by atoms with van der Waals surface area (Å²) < 4.78 is 5.78. The molecule has 0 fully saturated rings. The average molecular weight is 338 g/mol. The third-order valence-corrected chi connectivity index (χ3v) is 4.29. The minimum atomic E-state index is -0.957. The van der Waals surface area contributed by atoms with E-state index in [9.17, 15) is 4.79 Å². The van der Waals surface area contributed by atoms with Crippen LogP contribution in [0.1, 0.15) is 37.9 Å². The number of anilines is 1. The second-order valence-electron chi connectivity index (χ2n) is 6.48. The van der Waals surface area contributed by atoms with E-state index in [-0.39, 0.29) is 5.57 Å². The maximum atomic E-state index is 10.9. The predicted octanol–water partition coefficient (Wildman–Crippen LogP) is 4.21. The minimum absolute atomic E-state index is 0.224. The first-order chi connectivity index (χ1) is 12.0. The molecule has 25 heavy (non-hydrogen) atoms. The van der Waals surface area contributed by atoms with Gasteiger partial charge in [0.05, 0.1) is 12.3 Å². The van der Waals surface area contributed by atoms with Gasteiger partial charge < -0.3 is 15.2 Å². The van der Waals surface area contributed by atoms with Crippen molar-refractivity contribution in [3.63, 3.8) is 0 Å². The molecule has 2 aromatic rings. The molecule has 5 nitrogen and oxygen atoms in total. The summed E-state index contributed by atoms with van der Waals surface area (Å²) in [5.74, 6) is 0.964. The van der Waals surface area contributed by atoms with Gasteiger partial charge in [-0.05, 0) is 30.0 Å². The van der Waals surface area contributed by atoms with Crippen LogP contribution in [-0.2, 0) is 11.2 Å². The molecule has 130 valence electrons. The number of aromatic nitrogens is 1. The summed E-state index contributed by atoms with van der Waals surface area (Å²) >= 11 is 0. The second-order valence-corrected chi connectivity index (χ2v) is 6.48. The number of nitrogens with zero attached hydrogens (tertiary/aromatic N) is 1. The SMILES string of the molecule is CC(=CNc1cc(-c2ccc(C(C)C)cc2)c2c(n1)CCO2)C(=O)O. The molecule has 0 atom stereocenters. The van der Waals surface area contributed by atoms with Gasteiger partial charge in [-0.25, -0.2) is 9.78 Å². The van der Waals surface area contributed by atoms with E-state index in [1.54, 1.807) is 0 Å². The summed E-state index contributed by atoms with van der Waals surface area (Å²) in [5.41, 5.74) is 4.44. The number of carboxylic acids is 1. The molecule has 0 spiro atoms. The molecule has 1 aliphatic rings. The number of pyridine rings is 1. The normalized spacial score (nSPS) is 13.5. The van der Waals surface area contributed by atoms with Gasteiger partial charge in [-0.2, -0.15) is 0 Å². The number of ether oxygens (including phenoxy) is 1. The number of rotatable bonds is 5. The van der Waals surface area contributed by atoms with E-state index in [1.165, 1.54) is 18.7 Å². The Bertz CT molecular complexity index is 824. The molecule has 1 aromatic carbocycles. The molecule has 0 bridgehead atoms. The summed E-state index contributed by atoms with van der Waals surface area (Å²) in [6.45, 7) is 6.49. The van der Waals surface area contributed by atoms with Crippen LogP contribution >= 0.6 is 0 Å². The van der Waals surface area contributed by atoms with Crippen molar-refractivity contribution in [1.29, 1.82) is 0 Å². The first kappa shape index (κ1) is 17.0. The van der Waals surface area contributed by atoms with Gasteiger partial charge in [-0.3, -0.25) is 0 Å². The van der Waals surface area contributed by atoms with E-state index in [1.807, 2.05) is 6.07 Å². The van der Waals surface area contributed by atoms with Gasteiger partial charge in [0.1, 0.15) is 11.6 Å². The molecule has 0 saturated carbocycles. The third kappa shape index (κ3) is 3.65. The Morgan fingerprint density at radius 1 is 1.32 bits per heavy atom. The maximum Gasteiger partial charge on any atom is 0.332 e. The molecule has 2 N–H and O–H groups in total. The Hall–Kier alpha value is -2.82. The number of carbonyl (C=O) groups is 1. The molecule has 3 rings (SSSR count). The second kappa shape index (κ2) is 6.97. The lowest BCUT2D eigenvalue weighted by atomic mass is 9.98. The smallest absolute Gasteiger partial charge is 0.332 e. The Morgan fingerprint density at radius 3 is 2.68 bits per heavy atom. The van der Waals surface area contributed by atoms with Crippen molar-refractivity contribution in [2.45, 2.75) is 33.1 Å². The van der Waals surface area contributed by atoms with Crippen molar-refractivity contribution in [2.75, 3.05) is 11.9 Å². The number of hydrogen-bond donors (Lipinski definition) is 2.